The standard InChI is InChI=1S/C37H15Br8N4.Cu/c38-22-24(40)32-20(17-12-6-2-7-13-17)34-26(42)28(44)36(48-34)37-29(45)27(43)35(49-37)21(18-14-8-3-9-15-18)33-25(41)23(39)31(47-33)19(30(22)46-32)16-10-4-1-5-11-16;/h1-15H;/q-3;. The van der Waals surface area contributed by atoms with E-state index in [0.29, 0.717) is 11.0 Å². The van der Waals surface area contributed by atoms with E-state index in [1.165, 1.54) is 0 Å². The summed E-state index contributed by atoms with van der Waals surface area (Å²) in [7, 11) is 0. The van der Waals surface area contributed by atoms with E-state index < -0.39 is 0 Å². The number of fused-ring (bicyclic) bond motifs is 9. The van der Waals surface area contributed by atoms with Crippen LogP contribution >= 0.6 is 127 Å². The van der Waals surface area contributed by atoms with E-state index in [1.54, 1.807) is 0 Å². The minimum Gasteiger partial charge on any atom is -0.656 e. The Hall–Kier alpha value is -1.25. The van der Waals surface area contributed by atoms with Gasteiger partial charge in [-0.05, 0) is 65.2 Å². The number of aromatic nitrogens is 4. The van der Waals surface area contributed by atoms with Crippen molar-refractivity contribution in [2.75, 3.05) is 0 Å². The third kappa shape index (κ3) is 6.09. The molecule has 1 aliphatic heterocycles. The summed E-state index contributed by atoms with van der Waals surface area (Å²) in [4.78, 5) is 21.4. The smallest absolute Gasteiger partial charge is 0.0858 e. The van der Waals surface area contributed by atoms with Crippen LogP contribution in [-0.4, -0.2) is 4.98 Å². The summed E-state index contributed by atoms with van der Waals surface area (Å²) < 4.78 is 6.33. The average molecular weight is 1220 g/mol. The van der Waals surface area contributed by atoms with Gasteiger partial charge in [-0.2, -0.15) is 0 Å². The zero-order valence-corrected chi connectivity index (χ0v) is 38.4. The first-order valence-electron chi connectivity index (χ1n) is 14.5. The van der Waals surface area contributed by atoms with Crippen molar-refractivity contribution in [2.45, 2.75) is 0 Å². The second-order valence-electron chi connectivity index (χ2n) is 11.0. The van der Waals surface area contributed by atoms with Gasteiger partial charge in [-0.15, -0.1) is 33.1 Å². The molecular weight excluding hydrogens is 1200 g/mol. The Morgan fingerprint density at radius 2 is 0.600 bits per heavy atom. The van der Waals surface area contributed by atoms with Gasteiger partial charge in [0.25, 0.3) is 0 Å². The fourth-order valence-electron chi connectivity index (χ4n) is 5.95. The molecule has 13 heteroatoms. The Morgan fingerprint density at radius 1 is 0.340 bits per heavy atom. The van der Waals surface area contributed by atoms with Crippen LogP contribution in [0.15, 0.2) is 118 Å². The van der Waals surface area contributed by atoms with E-state index in [-0.39, 0.29) is 17.1 Å². The summed E-state index contributed by atoms with van der Waals surface area (Å²) in [5, 5.41) is 0. The van der Waals surface area contributed by atoms with Crippen LogP contribution in [0.1, 0.15) is 11.4 Å². The first-order valence-corrected chi connectivity index (χ1v) is 20.9. The van der Waals surface area contributed by atoms with Gasteiger partial charge in [-0.1, -0.05) is 187 Å². The van der Waals surface area contributed by atoms with Crippen LogP contribution < -0.4 is 15.0 Å². The van der Waals surface area contributed by atoms with Crippen LogP contribution in [-0.2, 0) is 17.1 Å². The Balaban J connectivity index is 0.00000392. The summed E-state index contributed by atoms with van der Waals surface area (Å²) in [6, 6.07) is 30.5. The van der Waals surface area contributed by atoms with Gasteiger partial charge >= 0.3 is 0 Å². The van der Waals surface area contributed by atoms with Crippen molar-refractivity contribution >= 4 is 170 Å². The summed E-state index contributed by atoms with van der Waals surface area (Å²) in [6.45, 7) is 0. The average Bonchev–Trinajstić information content (AvgIpc) is 3.78. The van der Waals surface area contributed by atoms with Crippen molar-refractivity contribution in [3.8, 4) is 33.4 Å². The SMILES string of the molecule is BrC1=C(Br)c2nc1c(-c1ccccc1)c1[n-]c(c(Br)c1Br)c(-c1ccccc1)c1[n-]c(c(Br)c1Br)c1[n-]c(c(Br)c1Br)c2-c1ccccc1.[Cu]. The van der Waals surface area contributed by atoms with Crippen molar-refractivity contribution in [3.63, 3.8) is 0 Å². The van der Waals surface area contributed by atoms with Crippen molar-refractivity contribution < 1.29 is 17.1 Å². The molecule has 0 amide bonds. The summed E-state index contributed by atoms with van der Waals surface area (Å²) >= 11 is 31.3. The van der Waals surface area contributed by atoms with Crippen molar-refractivity contribution in [2.24, 2.45) is 0 Å². The van der Waals surface area contributed by atoms with Crippen molar-refractivity contribution in [1.29, 1.82) is 0 Å². The van der Waals surface area contributed by atoms with Crippen LogP contribution in [0.3, 0.4) is 0 Å². The van der Waals surface area contributed by atoms with Gasteiger partial charge in [0, 0.05) is 43.9 Å². The zero-order valence-electron chi connectivity index (χ0n) is 24.8. The largest absolute Gasteiger partial charge is 0.656 e. The summed E-state index contributed by atoms with van der Waals surface area (Å²) in [5.74, 6) is 0. The topological polar surface area (TPSA) is 55.2 Å². The maximum atomic E-state index is 5.41. The molecule has 3 aromatic carbocycles. The number of halogens is 8. The van der Waals surface area contributed by atoms with Gasteiger partial charge in [-0.25, -0.2) is 4.98 Å². The first-order chi connectivity index (χ1) is 23.7. The Kier molecular flexibility index (Phi) is 11.0. The predicted molar refractivity (Wildman–Crippen MR) is 230 cm³/mol. The number of nitrogens with zero attached hydrogens (tertiary/aromatic N) is 4. The molecule has 0 saturated heterocycles. The Morgan fingerprint density at radius 3 is 0.940 bits per heavy atom. The normalized spacial score (nSPS) is 12.2. The van der Waals surface area contributed by atoms with Crippen LogP contribution in [0.5, 0.6) is 0 Å². The molecule has 7 aromatic rings. The molecule has 5 heterocycles. The molecule has 0 atom stereocenters. The molecule has 50 heavy (non-hydrogen) atoms. The zero-order chi connectivity index (χ0) is 34.1. The molecule has 0 N–H and O–H groups in total. The second kappa shape index (κ2) is 14.9. The van der Waals surface area contributed by atoms with Gasteiger partial charge in [0.15, 0.2) is 0 Å². The molecule has 253 valence electrons. The fraction of sp³-hybridized carbons (Fsp3) is 0. The van der Waals surface area contributed by atoms with Crippen LogP contribution in [0, 0.1) is 0 Å². The number of benzene rings is 3. The number of hydrogen-bond donors (Lipinski definition) is 0. The predicted octanol–water partition coefficient (Wildman–Crippen LogP) is 14.6. The molecule has 0 spiro atoms. The third-order valence-corrected chi connectivity index (χ3v) is 16.5. The van der Waals surface area contributed by atoms with Gasteiger partial charge in [0.2, 0.25) is 0 Å². The van der Waals surface area contributed by atoms with Crippen molar-refractivity contribution in [3.05, 3.63) is 129 Å². The van der Waals surface area contributed by atoms with Crippen molar-refractivity contribution in [1.82, 2.24) is 19.9 Å². The van der Waals surface area contributed by atoms with E-state index in [9.17, 15) is 0 Å². The molecule has 0 aliphatic carbocycles. The maximum absolute atomic E-state index is 5.41. The van der Waals surface area contributed by atoms with Gasteiger partial charge < -0.3 is 15.0 Å². The fourth-order valence-corrected chi connectivity index (χ4v) is 9.73. The third-order valence-electron chi connectivity index (χ3n) is 8.16. The molecule has 1 radical (unpaired) electrons. The minimum atomic E-state index is 0. The monoisotopic (exact) mass is 1210 g/mol. The van der Waals surface area contributed by atoms with E-state index in [1.807, 2.05) is 54.6 Å². The Bertz CT molecular complexity index is 2630. The summed E-state index contributed by atoms with van der Waals surface area (Å²) in [6.07, 6.45) is 0. The second-order valence-corrected chi connectivity index (χ2v) is 17.3. The van der Waals surface area contributed by atoms with E-state index >= 15 is 0 Å². The molecule has 0 saturated carbocycles. The van der Waals surface area contributed by atoms with E-state index in [2.05, 4.69) is 164 Å². The van der Waals surface area contributed by atoms with E-state index in [4.69, 9.17) is 19.9 Å². The molecular formula is C37H15Br8CuN4-3. The first kappa shape index (κ1) is 37.1. The van der Waals surface area contributed by atoms with Gasteiger partial charge in [0.1, 0.15) is 0 Å². The Labute approximate surface area is 364 Å². The number of hydrogen-bond acceptors (Lipinski definition) is 1. The summed E-state index contributed by atoms with van der Waals surface area (Å²) in [5.41, 5.74) is 11.1. The molecule has 8 rings (SSSR count). The molecule has 4 nitrogen and oxygen atoms in total. The number of rotatable bonds is 3. The molecule has 0 fully saturated rings. The van der Waals surface area contributed by atoms with Crippen LogP contribution in [0.4, 0.5) is 0 Å². The molecule has 1 aliphatic rings. The van der Waals surface area contributed by atoms with Crippen LogP contribution in [0.2, 0.25) is 0 Å². The van der Waals surface area contributed by atoms with Gasteiger partial charge in [-0.3, -0.25) is 0 Å². The van der Waals surface area contributed by atoms with E-state index in [0.717, 1.165) is 103 Å². The van der Waals surface area contributed by atoms with Crippen LogP contribution in [0.25, 0.3) is 75.4 Å². The molecule has 0 unspecified atom stereocenters. The minimum absolute atomic E-state index is 0. The quantitative estimate of drug-likeness (QED) is 0.165. The molecule has 4 aromatic heterocycles. The molecule has 8 bridgehead atoms. The van der Waals surface area contributed by atoms with Gasteiger partial charge in [0.05, 0.1) is 20.4 Å². The maximum Gasteiger partial charge on any atom is 0.0858 e.